The standard InChI is InChI=1S/C22H20ClN5O3/c1-14(2)15-5-3-7-17(11-15)25-19(29)13-28-22(30)27-10-9-24-21(20(27)26-28)31-18-8-4-6-16(23)12-18/h3-12,14H,13H2,1-2H3,(H,25,29). The van der Waals surface area contributed by atoms with Gasteiger partial charge in [-0.25, -0.2) is 18.9 Å². The highest BCUT2D eigenvalue weighted by molar-refractivity contribution is 6.30. The highest BCUT2D eigenvalue weighted by Gasteiger charge is 2.16. The second-order valence-corrected chi connectivity index (χ2v) is 7.69. The largest absolute Gasteiger partial charge is 0.436 e. The van der Waals surface area contributed by atoms with Gasteiger partial charge in [-0.2, -0.15) is 0 Å². The van der Waals surface area contributed by atoms with E-state index in [1.807, 2.05) is 18.2 Å². The summed E-state index contributed by atoms with van der Waals surface area (Å²) in [5.74, 6) is 0.559. The summed E-state index contributed by atoms with van der Waals surface area (Å²) in [5, 5.41) is 7.56. The van der Waals surface area contributed by atoms with Gasteiger partial charge in [0.15, 0.2) is 0 Å². The van der Waals surface area contributed by atoms with Gasteiger partial charge in [-0.1, -0.05) is 43.6 Å². The molecular formula is C22H20ClN5O3. The van der Waals surface area contributed by atoms with E-state index in [4.69, 9.17) is 16.3 Å². The number of rotatable bonds is 6. The zero-order chi connectivity index (χ0) is 22.0. The van der Waals surface area contributed by atoms with Crippen LogP contribution in [0.15, 0.2) is 65.7 Å². The van der Waals surface area contributed by atoms with Crippen LogP contribution in [-0.4, -0.2) is 25.1 Å². The second kappa shape index (κ2) is 8.61. The molecule has 0 radical (unpaired) electrons. The first kappa shape index (κ1) is 20.6. The molecule has 0 spiro atoms. The quantitative estimate of drug-likeness (QED) is 0.490. The molecule has 1 N–H and O–H groups in total. The summed E-state index contributed by atoms with van der Waals surface area (Å²) in [7, 11) is 0. The third-order valence-corrected chi connectivity index (χ3v) is 4.85. The van der Waals surface area contributed by atoms with Crippen LogP contribution in [-0.2, 0) is 11.3 Å². The average molecular weight is 438 g/mol. The maximum absolute atomic E-state index is 12.7. The number of nitrogens with zero attached hydrogens (tertiary/aromatic N) is 4. The number of aromatic nitrogens is 4. The number of nitrogens with one attached hydrogen (secondary N) is 1. The summed E-state index contributed by atoms with van der Waals surface area (Å²) in [6.45, 7) is 3.91. The van der Waals surface area contributed by atoms with Gasteiger partial charge < -0.3 is 10.1 Å². The maximum atomic E-state index is 12.7. The number of amides is 1. The lowest BCUT2D eigenvalue weighted by Gasteiger charge is -2.09. The molecule has 0 bridgehead atoms. The Morgan fingerprint density at radius 2 is 2.00 bits per heavy atom. The molecule has 0 aliphatic carbocycles. The van der Waals surface area contributed by atoms with Crippen LogP contribution in [0, 0.1) is 0 Å². The lowest BCUT2D eigenvalue weighted by Crippen LogP contribution is -2.28. The molecule has 0 saturated carbocycles. The van der Waals surface area contributed by atoms with Crippen molar-refractivity contribution in [3.63, 3.8) is 0 Å². The van der Waals surface area contributed by atoms with Gasteiger partial charge >= 0.3 is 5.69 Å². The van der Waals surface area contributed by atoms with Gasteiger partial charge in [-0.05, 0) is 41.8 Å². The minimum atomic E-state index is -0.473. The molecule has 0 aliphatic rings. The lowest BCUT2D eigenvalue weighted by molar-refractivity contribution is -0.117. The van der Waals surface area contributed by atoms with E-state index in [9.17, 15) is 9.59 Å². The number of carbonyl (C=O) groups is 1. The SMILES string of the molecule is CC(C)c1cccc(NC(=O)Cn2nc3c(Oc4cccc(Cl)c4)nccn3c2=O)c1. The van der Waals surface area contributed by atoms with Gasteiger partial charge in [0.25, 0.3) is 5.88 Å². The summed E-state index contributed by atoms with van der Waals surface area (Å²) in [4.78, 5) is 29.4. The smallest absolute Gasteiger partial charge is 0.351 e. The maximum Gasteiger partial charge on any atom is 0.351 e. The van der Waals surface area contributed by atoms with Gasteiger partial charge in [0.2, 0.25) is 11.6 Å². The molecule has 2 aromatic heterocycles. The predicted molar refractivity (Wildman–Crippen MR) is 118 cm³/mol. The molecule has 1 amide bonds. The van der Waals surface area contributed by atoms with Crippen LogP contribution in [0.25, 0.3) is 5.65 Å². The second-order valence-electron chi connectivity index (χ2n) is 7.25. The van der Waals surface area contributed by atoms with Crippen molar-refractivity contribution < 1.29 is 9.53 Å². The molecule has 0 aliphatic heterocycles. The fourth-order valence-electron chi connectivity index (χ4n) is 3.06. The van der Waals surface area contributed by atoms with Crippen molar-refractivity contribution in [2.75, 3.05) is 5.32 Å². The molecule has 158 valence electrons. The Labute approximate surface area is 183 Å². The predicted octanol–water partition coefficient (Wildman–Crippen LogP) is 4.10. The zero-order valence-electron chi connectivity index (χ0n) is 16.9. The molecule has 4 aromatic rings. The Kier molecular flexibility index (Phi) is 5.73. The highest BCUT2D eigenvalue weighted by Crippen LogP contribution is 2.24. The zero-order valence-corrected chi connectivity index (χ0v) is 17.7. The molecule has 2 aromatic carbocycles. The summed E-state index contributed by atoms with van der Waals surface area (Å²) in [6, 6.07) is 14.4. The van der Waals surface area contributed by atoms with Crippen LogP contribution in [0.4, 0.5) is 5.69 Å². The molecule has 0 saturated heterocycles. The minimum absolute atomic E-state index is 0.130. The van der Waals surface area contributed by atoms with Crippen molar-refractivity contribution in [2.24, 2.45) is 0 Å². The number of halogens is 1. The fourth-order valence-corrected chi connectivity index (χ4v) is 3.24. The van der Waals surface area contributed by atoms with Crippen LogP contribution >= 0.6 is 11.6 Å². The fraction of sp³-hybridized carbons (Fsp3) is 0.182. The van der Waals surface area contributed by atoms with Crippen LogP contribution in [0.2, 0.25) is 5.02 Å². The molecule has 8 nitrogen and oxygen atoms in total. The Morgan fingerprint density at radius 3 is 2.77 bits per heavy atom. The number of benzene rings is 2. The van der Waals surface area contributed by atoms with E-state index in [1.54, 1.807) is 30.3 Å². The van der Waals surface area contributed by atoms with Crippen molar-refractivity contribution in [1.29, 1.82) is 0 Å². The summed E-state index contributed by atoms with van der Waals surface area (Å²) in [6.07, 6.45) is 2.90. The van der Waals surface area contributed by atoms with Crippen molar-refractivity contribution in [2.45, 2.75) is 26.3 Å². The van der Waals surface area contributed by atoms with E-state index in [0.717, 1.165) is 10.2 Å². The average Bonchev–Trinajstić information content (AvgIpc) is 3.05. The lowest BCUT2D eigenvalue weighted by atomic mass is 10.0. The number of anilines is 1. The first-order chi connectivity index (χ1) is 14.9. The molecule has 0 fully saturated rings. The van der Waals surface area contributed by atoms with Crippen molar-refractivity contribution >= 4 is 28.8 Å². The van der Waals surface area contributed by atoms with E-state index >= 15 is 0 Å². The number of ether oxygens (including phenoxy) is 1. The number of fused-ring (bicyclic) bond motifs is 1. The number of hydrogen-bond acceptors (Lipinski definition) is 5. The van der Waals surface area contributed by atoms with Gasteiger partial charge in [0.05, 0.1) is 0 Å². The first-order valence-corrected chi connectivity index (χ1v) is 10.1. The highest BCUT2D eigenvalue weighted by atomic mass is 35.5. The molecular weight excluding hydrogens is 418 g/mol. The molecule has 0 atom stereocenters. The topological polar surface area (TPSA) is 90.5 Å². The third kappa shape index (κ3) is 4.59. The molecule has 2 heterocycles. The van der Waals surface area contributed by atoms with Crippen molar-refractivity contribution in [3.05, 3.63) is 82.0 Å². The van der Waals surface area contributed by atoms with E-state index in [2.05, 4.69) is 29.2 Å². The Morgan fingerprint density at radius 1 is 1.19 bits per heavy atom. The van der Waals surface area contributed by atoms with Gasteiger partial charge in [0.1, 0.15) is 12.3 Å². The Bertz CT molecular complexity index is 1310. The first-order valence-electron chi connectivity index (χ1n) is 9.68. The summed E-state index contributed by atoms with van der Waals surface area (Å²) in [5.41, 5.74) is 1.50. The minimum Gasteiger partial charge on any atom is -0.436 e. The van der Waals surface area contributed by atoms with E-state index in [1.165, 1.54) is 16.8 Å². The van der Waals surface area contributed by atoms with Crippen molar-refractivity contribution in [1.82, 2.24) is 19.2 Å². The normalized spacial score (nSPS) is 11.1. The number of hydrogen-bond donors (Lipinski definition) is 1. The summed E-state index contributed by atoms with van der Waals surface area (Å²) >= 11 is 5.99. The molecule has 0 unspecified atom stereocenters. The van der Waals surface area contributed by atoms with Crippen LogP contribution in [0.3, 0.4) is 0 Å². The van der Waals surface area contributed by atoms with E-state index in [-0.39, 0.29) is 24.0 Å². The van der Waals surface area contributed by atoms with Crippen LogP contribution in [0.5, 0.6) is 11.6 Å². The Balaban J connectivity index is 1.57. The third-order valence-electron chi connectivity index (χ3n) is 4.61. The van der Waals surface area contributed by atoms with Crippen LogP contribution < -0.4 is 15.7 Å². The monoisotopic (exact) mass is 437 g/mol. The van der Waals surface area contributed by atoms with E-state index in [0.29, 0.717) is 22.4 Å². The van der Waals surface area contributed by atoms with Gasteiger partial charge in [0, 0.05) is 23.1 Å². The Hall–Kier alpha value is -3.65. The molecule has 31 heavy (non-hydrogen) atoms. The molecule has 4 rings (SSSR count). The number of carbonyl (C=O) groups excluding carboxylic acids is 1. The van der Waals surface area contributed by atoms with Crippen LogP contribution in [0.1, 0.15) is 25.3 Å². The molecule has 9 heteroatoms. The van der Waals surface area contributed by atoms with Gasteiger partial charge in [-0.15, -0.1) is 5.10 Å². The summed E-state index contributed by atoms with van der Waals surface area (Å²) < 4.78 is 8.10. The van der Waals surface area contributed by atoms with Crippen molar-refractivity contribution in [3.8, 4) is 11.6 Å². The van der Waals surface area contributed by atoms with Gasteiger partial charge in [-0.3, -0.25) is 4.79 Å². The van der Waals surface area contributed by atoms with E-state index < -0.39 is 5.69 Å².